The van der Waals surface area contributed by atoms with Gasteiger partial charge in [0.15, 0.2) is 5.65 Å². The van der Waals surface area contributed by atoms with Crippen LogP contribution in [0.25, 0.3) is 22.3 Å². The van der Waals surface area contributed by atoms with Crippen LogP contribution in [-0.4, -0.2) is 62.6 Å². The van der Waals surface area contributed by atoms with Gasteiger partial charge in [0.1, 0.15) is 0 Å². The summed E-state index contributed by atoms with van der Waals surface area (Å²) in [5.74, 6) is 0.00839. The molecule has 0 aliphatic carbocycles. The average molecular weight is 391 g/mol. The van der Waals surface area contributed by atoms with Gasteiger partial charge in [-0.15, -0.1) is 0 Å². The van der Waals surface area contributed by atoms with Crippen molar-refractivity contribution in [2.24, 2.45) is 0 Å². The number of pyridine rings is 1. The number of aromatic nitrogens is 3. The second-order valence-corrected chi connectivity index (χ2v) is 7.64. The maximum absolute atomic E-state index is 13.4. The number of carbonyl (C=O) groups excluding carboxylic acids is 2. The van der Waals surface area contributed by atoms with E-state index in [1.54, 1.807) is 18.0 Å². The van der Waals surface area contributed by atoms with Gasteiger partial charge in [-0.3, -0.25) is 9.59 Å². The number of hydrogen-bond acceptors (Lipinski definition) is 4. The predicted molar refractivity (Wildman–Crippen MR) is 112 cm³/mol. The molecule has 1 aromatic carbocycles. The number of amides is 2. The van der Waals surface area contributed by atoms with Crippen molar-refractivity contribution in [3.05, 3.63) is 48.2 Å². The van der Waals surface area contributed by atoms with E-state index in [1.807, 2.05) is 59.8 Å². The normalized spacial score (nSPS) is 14.6. The Morgan fingerprint density at radius 2 is 1.66 bits per heavy atom. The quantitative estimate of drug-likeness (QED) is 0.688. The third-order valence-electron chi connectivity index (χ3n) is 5.37. The fourth-order valence-corrected chi connectivity index (χ4v) is 3.72. The maximum atomic E-state index is 13.4. The van der Waals surface area contributed by atoms with E-state index in [4.69, 9.17) is 4.98 Å². The molecule has 7 heteroatoms. The first kappa shape index (κ1) is 19.1. The van der Waals surface area contributed by atoms with Crippen molar-refractivity contribution in [1.82, 2.24) is 24.6 Å². The van der Waals surface area contributed by atoms with E-state index in [0.717, 1.165) is 16.6 Å². The summed E-state index contributed by atoms with van der Waals surface area (Å²) in [6.07, 6.45) is 1.73. The topological polar surface area (TPSA) is 71.3 Å². The molecule has 0 N–H and O–H groups in total. The highest BCUT2D eigenvalue weighted by atomic mass is 16.2. The van der Waals surface area contributed by atoms with Crippen molar-refractivity contribution < 1.29 is 9.59 Å². The fraction of sp³-hybridized carbons (Fsp3) is 0.364. The van der Waals surface area contributed by atoms with Gasteiger partial charge in [-0.1, -0.05) is 30.3 Å². The Balaban J connectivity index is 1.77. The molecule has 4 rings (SSSR count). The molecule has 29 heavy (non-hydrogen) atoms. The minimum Gasteiger partial charge on any atom is -0.339 e. The van der Waals surface area contributed by atoms with Crippen LogP contribution in [0.5, 0.6) is 0 Å². The highest BCUT2D eigenvalue weighted by molar-refractivity contribution is 6.06. The van der Waals surface area contributed by atoms with Crippen LogP contribution in [-0.2, 0) is 4.79 Å². The summed E-state index contributed by atoms with van der Waals surface area (Å²) in [6.45, 7) is 7.84. The zero-order chi connectivity index (χ0) is 20.5. The van der Waals surface area contributed by atoms with E-state index in [-0.39, 0.29) is 17.9 Å². The molecule has 0 spiro atoms. The number of piperazine rings is 1. The summed E-state index contributed by atoms with van der Waals surface area (Å²) in [7, 11) is 0. The molecule has 0 saturated carbocycles. The summed E-state index contributed by atoms with van der Waals surface area (Å²) in [5, 5.41) is 5.25. The first-order valence-electron chi connectivity index (χ1n) is 9.94. The number of benzene rings is 1. The Morgan fingerprint density at radius 3 is 2.28 bits per heavy atom. The summed E-state index contributed by atoms with van der Waals surface area (Å²) in [6, 6.07) is 11.9. The number of fused-ring (bicyclic) bond motifs is 1. The van der Waals surface area contributed by atoms with Crippen LogP contribution in [0.15, 0.2) is 42.6 Å². The van der Waals surface area contributed by atoms with Crippen molar-refractivity contribution in [3.8, 4) is 11.3 Å². The Bertz CT molecular complexity index is 1050. The van der Waals surface area contributed by atoms with Crippen LogP contribution < -0.4 is 0 Å². The van der Waals surface area contributed by atoms with E-state index >= 15 is 0 Å². The average Bonchev–Trinajstić information content (AvgIpc) is 3.17. The fourth-order valence-electron chi connectivity index (χ4n) is 3.72. The van der Waals surface area contributed by atoms with Crippen LogP contribution in [0.1, 0.15) is 37.2 Å². The molecule has 0 atom stereocenters. The lowest BCUT2D eigenvalue weighted by Gasteiger charge is -2.34. The minimum atomic E-state index is -0.0407. The monoisotopic (exact) mass is 391 g/mol. The number of carbonyl (C=O) groups is 2. The van der Waals surface area contributed by atoms with Gasteiger partial charge in [0, 0.05) is 44.7 Å². The van der Waals surface area contributed by atoms with E-state index in [2.05, 4.69) is 5.10 Å². The summed E-state index contributed by atoms with van der Waals surface area (Å²) >= 11 is 0. The zero-order valence-electron chi connectivity index (χ0n) is 17.0. The molecule has 1 fully saturated rings. The van der Waals surface area contributed by atoms with Gasteiger partial charge in [-0.25, -0.2) is 9.67 Å². The molecule has 1 aliphatic rings. The van der Waals surface area contributed by atoms with Crippen molar-refractivity contribution in [3.63, 3.8) is 0 Å². The standard InChI is InChI=1S/C22H25N5O2/c1-15(2)27-21-19(14-23-27)18(13-20(24-21)17-7-5-4-6-8-17)22(29)26-11-9-25(10-12-26)16(3)28/h4-8,13-15H,9-12H2,1-3H3. The molecule has 1 saturated heterocycles. The molecule has 3 aromatic rings. The van der Waals surface area contributed by atoms with E-state index < -0.39 is 0 Å². The number of hydrogen-bond donors (Lipinski definition) is 0. The van der Waals surface area contributed by atoms with Crippen LogP contribution in [0.2, 0.25) is 0 Å². The molecule has 0 radical (unpaired) electrons. The Hall–Kier alpha value is -3.22. The van der Waals surface area contributed by atoms with Gasteiger partial charge < -0.3 is 9.80 Å². The smallest absolute Gasteiger partial charge is 0.254 e. The molecule has 2 amide bonds. The summed E-state index contributed by atoms with van der Waals surface area (Å²) in [5.41, 5.74) is 3.04. The summed E-state index contributed by atoms with van der Waals surface area (Å²) in [4.78, 5) is 33.4. The molecule has 1 aliphatic heterocycles. The molecule has 0 bridgehead atoms. The molecular weight excluding hydrogens is 366 g/mol. The second-order valence-electron chi connectivity index (χ2n) is 7.64. The van der Waals surface area contributed by atoms with Gasteiger partial charge >= 0.3 is 0 Å². The second kappa shape index (κ2) is 7.66. The molecule has 150 valence electrons. The SMILES string of the molecule is CC(=O)N1CCN(C(=O)c2cc(-c3ccccc3)nc3c2cnn3C(C)C)CC1. The van der Waals surface area contributed by atoms with Crippen LogP contribution in [0.3, 0.4) is 0 Å². The van der Waals surface area contributed by atoms with Crippen LogP contribution in [0.4, 0.5) is 0 Å². The zero-order valence-corrected chi connectivity index (χ0v) is 17.0. The van der Waals surface area contributed by atoms with Crippen molar-refractivity contribution in [1.29, 1.82) is 0 Å². The van der Waals surface area contributed by atoms with Gasteiger partial charge in [-0.2, -0.15) is 5.10 Å². The highest BCUT2D eigenvalue weighted by Crippen LogP contribution is 2.27. The van der Waals surface area contributed by atoms with Crippen molar-refractivity contribution >= 4 is 22.8 Å². The van der Waals surface area contributed by atoms with Crippen LogP contribution >= 0.6 is 0 Å². The Morgan fingerprint density at radius 1 is 1.00 bits per heavy atom. The van der Waals surface area contributed by atoms with E-state index in [0.29, 0.717) is 37.4 Å². The third kappa shape index (κ3) is 3.60. The first-order valence-corrected chi connectivity index (χ1v) is 9.94. The van der Waals surface area contributed by atoms with Crippen LogP contribution in [0, 0.1) is 0 Å². The lowest BCUT2D eigenvalue weighted by Crippen LogP contribution is -2.50. The van der Waals surface area contributed by atoms with Gasteiger partial charge in [0.2, 0.25) is 5.91 Å². The minimum absolute atomic E-state index is 0.0407. The van der Waals surface area contributed by atoms with Gasteiger partial charge in [-0.05, 0) is 19.9 Å². The maximum Gasteiger partial charge on any atom is 0.254 e. The largest absolute Gasteiger partial charge is 0.339 e. The molecule has 0 unspecified atom stereocenters. The predicted octanol–water partition coefficient (Wildman–Crippen LogP) is 2.98. The molecule has 7 nitrogen and oxygen atoms in total. The number of rotatable bonds is 3. The van der Waals surface area contributed by atoms with E-state index in [1.165, 1.54) is 0 Å². The Kier molecular flexibility index (Phi) is 5.05. The molecule has 2 aromatic heterocycles. The van der Waals surface area contributed by atoms with Crippen molar-refractivity contribution in [2.75, 3.05) is 26.2 Å². The molecule has 3 heterocycles. The van der Waals surface area contributed by atoms with Gasteiger partial charge in [0.25, 0.3) is 5.91 Å². The third-order valence-corrected chi connectivity index (χ3v) is 5.37. The first-order chi connectivity index (χ1) is 14.0. The lowest BCUT2D eigenvalue weighted by molar-refractivity contribution is -0.130. The van der Waals surface area contributed by atoms with Gasteiger partial charge in [0.05, 0.1) is 22.8 Å². The lowest BCUT2D eigenvalue weighted by atomic mass is 10.1. The summed E-state index contributed by atoms with van der Waals surface area (Å²) < 4.78 is 1.85. The van der Waals surface area contributed by atoms with Crippen molar-refractivity contribution in [2.45, 2.75) is 26.8 Å². The Labute approximate surface area is 169 Å². The van der Waals surface area contributed by atoms with E-state index in [9.17, 15) is 9.59 Å². The highest BCUT2D eigenvalue weighted by Gasteiger charge is 2.26. The number of nitrogens with zero attached hydrogens (tertiary/aromatic N) is 5. The molecular formula is C22H25N5O2.